The third kappa shape index (κ3) is 2.92. The third-order valence-corrected chi connectivity index (χ3v) is 5.16. The van der Waals surface area contributed by atoms with Crippen LogP contribution in [-0.4, -0.2) is 36.8 Å². The van der Waals surface area contributed by atoms with Gasteiger partial charge in [-0.2, -0.15) is 0 Å². The van der Waals surface area contributed by atoms with Gasteiger partial charge in [-0.3, -0.25) is 9.59 Å². The normalized spacial score (nSPS) is 19.3. The van der Waals surface area contributed by atoms with Crippen molar-refractivity contribution in [3.63, 3.8) is 0 Å². The number of nitrogens with one attached hydrogen (secondary N) is 1. The quantitative estimate of drug-likeness (QED) is 0.806. The van der Waals surface area contributed by atoms with Crippen LogP contribution < -0.4 is 15.5 Å². The van der Waals surface area contributed by atoms with E-state index in [1.807, 2.05) is 4.57 Å². The van der Waals surface area contributed by atoms with Crippen molar-refractivity contribution in [3.05, 3.63) is 26.6 Å². The lowest BCUT2D eigenvalue weighted by atomic mass is 9.87. The van der Waals surface area contributed by atoms with Crippen LogP contribution in [0.2, 0.25) is 0 Å². The molecule has 0 bridgehead atoms. The zero-order chi connectivity index (χ0) is 16.4. The fourth-order valence-electron chi connectivity index (χ4n) is 3.18. The molecule has 1 aromatic heterocycles. The first-order valence-corrected chi connectivity index (χ1v) is 8.83. The average Bonchev–Trinajstić information content (AvgIpc) is 2.56. The maximum Gasteiger partial charge on any atom is 0.272 e. The first-order chi connectivity index (χ1) is 11.1. The van der Waals surface area contributed by atoms with E-state index in [4.69, 9.17) is 9.47 Å². The largest absolute Gasteiger partial charge is 0.487 e. The summed E-state index contributed by atoms with van der Waals surface area (Å²) >= 11 is 3.33. The summed E-state index contributed by atoms with van der Waals surface area (Å²) in [4.78, 5) is 24.9. The van der Waals surface area contributed by atoms with Crippen LogP contribution in [0.25, 0.3) is 0 Å². The molecular weight excluding hydrogens is 364 g/mol. The molecule has 0 aromatic carbocycles. The Morgan fingerprint density at radius 1 is 1.39 bits per heavy atom. The van der Waals surface area contributed by atoms with E-state index < -0.39 is 0 Å². The first-order valence-electron chi connectivity index (χ1n) is 8.03. The number of carbonyl (C=O) groups excluding carboxylic acids is 1. The fraction of sp³-hybridized carbons (Fsp3) is 0.625. The van der Waals surface area contributed by atoms with E-state index in [1.165, 1.54) is 0 Å². The zero-order valence-electron chi connectivity index (χ0n) is 13.2. The maximum atomic E-state index is 12.5. The minimum absolute atomic E-state index is 0.149. The van der Waals surface area contributed by atoms with E-state index in [0.29, 0.717) is 36.5 Å². The average molecular weight is 385 g/mol. The second-order valence-corrected chi connectivity index (χ2v) is 6.93. The zero-order valence-corrected chi connectivity index (χ0v) is 14.8. The van der Waals surface area contributed by atoms with Gasteiger partial charge in [0.1, 0.15) is 0 Å². The summed E-state index contributed by atoms with van der Waals surface area (Å²) in [5, 5.41) is 2.93. The van der Waals surface area contributed by atoms with E-state index in [1.54, 1.807) is 6.20 Å². The standard InChI is InChI=1S/C16H21BrN2O4/c1-2-3-6-23-14-12-15(21)18-10-16(4-7-22-8-5-16)19(12)9-11(17)13(14)20/h9H,2-8,10H2,1H3,(H,18,21). The number of halogens is 1. The number of ether oxygens (including phenoxy) is 2. The second-order valence-electron chi connectivity index (χ2n) is 6.08. The Bertz CT molecular complexity index is 665. The topological polar surface area (TPSA) is 69.6 Å². The Balaban J connectivity index is 2.11. The molecule has 0 saturated carbocycles. The van der Waals surface area contributed by atoms with Crippen LogP contribution in [-0.2, 0) is 10.3 Å². The number of hydrogen-bond acceptors (Lipinski definition) is 4. The van der Waals surface area contributed by atoms with Crippen LogP contribution >= 0.6 is 15.9 Å². The molecule has 0 aliphatic carbocycles. The molecule has 3 heterocycles. The van der Waals surface area contributed by atoms with Crippen molar-refractivity contribution in [2.24, 2.45) is 0 Å². The molecule has 126 valence electrons. The Kier molecular flexibility index (Phi) is 4.77. The van der Waals surface area contributed by atoms with Crippen molar-refractivity contribution >= 4 is 21.8 Å². The molecule has 2 aliphatic heterocycles. The molecule has 1 saturated heterocycles. The van der Waals surface area contributed by atoms with E-state index in [2.05, 4.69) is 28.2 Å². The van der Waals surface area contributed by atoms with Crippen LogP contribution in [0.15, 0.2) is 15.5 Å². The van der Waals surface area contributed by atoms with Crippen LogP contribution in [0.1, 0.15) is 43.1 Å². The Morgan fingerprint density at radius 2 is 2.13 bits per heavy atom. The summed E-state index contributed by atoms with van der Waals surface area (Å²) in [7, 11) is 0. The summed E-state index contributed by atoms with van der Waals surface area (Å²) in [6, 6.07) is 0. The lowest BCUT2D eigenvalue weighted by Crippen LogP contribution is -2.55. The number of nitrogens with zero attached hydrogens (tertiary/aromatic N) is 1. The van der Waals surface area contributed by atoms with Gasteiger partial charge in [0.15, 0.2) is 11.4 Å². The minimum atomic E-state index is -0.272. The van der Waals surface area contributed by atoms with E-state index in [-0.39, 0.29) is 22.6 Å². The number of pyridine rings is 1. The van der Waals surface area contributed by atoms with E-state index >= 15 is 0 Å². The molecule has 1 N–H and O–H groups in total. The van der Waals surface area contributed by atoms with Gasteiger partial charge in [0.25, 0.3) is 5.91 Å². The molecule has 1 spiro atoms. The van der Waals surface area contributed by atoms with Crippen molar-refractivity contribution in [2.45, 2.75) is 38.1 Å². The van der Waals surface area contributed by atoms with Gasteiger partial charge in [-0.05, 0) is 35.2 Å². The number of amides is 1. The number of rotatable bonds is 4. The summed E-state index contributed by atoms with van der Waals surface area (Å²) < 4.78 is 13.5. The molecule has 0 radical (unpaired) electrons. The molecule has 3 rings (SSSR count). The summed E-state index contributed by atoms with van der Waals surface area (Å²) in [6.45, 7) is 4.32. The van der Waals surface area contributed by atoms with Crippen molar-refractivity contribution in [2.75, 3.05) is 26.4 Å². The molecule has 23 heavy (non-hydrogen) atoms. The molecule has 2 aliphatic rings. The molecule has 1 aromatic rings. The smallest absolute Gasteiger partial charge is 0.272 e. The summed E-state index contributed by atoms with van der Waals surface area (Å²) in [5.41, 5.74) is -0.185. The van der Waals surface area contributed by atoms with Crippen molar-refractivity contribution in [1.82, 2.24) is 9.88 Å². The second kappa shape index (κ2) is 6.65. The highest BCUT2D eigenvalue weighted by Gasteiger charge is 2.42. The molecule has 0 unspecified atom stereocenters. The van der Waals surface area contributed by atoms with Crippen LogP contribution in [0.5, 0.6) is 5.75 Å². The molecule has 1 amide bonds. The van der Waals surface area contributed by atoms with Gasteiger partial charge in [-0.25, -0.2) is 0 Å². The lowest BCUT2D eigenvalue weighted by molar-refractivity contribution is 0.0137. The van der Waals surface area contributed by atoms with Gasteiger partial charge in [0.05, 0.1) is 16.6 Å². The van der Waals surface area contributed by atoms with E-state index in [9.17, 15) is 9.59 Å². The highest BCUT2D eigenvalue weighted by Crippen LogP contribution is 2.35. The van der Waals surface area contributed by atoms with Crippen molar-refractivity contribution < 1.29 is 14.3 Å². The number of hydrogen-bond donors (Lipinski definition) is 1. The van der Waals surface area contributed by atoms with Gasteiger partial charge in [-0.1, -0.05) is 13.3 Å². The van der Waals surface area contributed by atoms with Crippen molar-refractivity contribution in [3.8, 4) is 5.75 Å². The van der Waals surface area contributed by atoms with Crippen LogP contribution in [0, 0.1) is 0 Å². The summed E-state index contributed by atoms with van der Waals surface area (Å²) in [6.07, 6.45) is 5.12. The molecule has 7 heteroatoms. The lowest BCUT2D eigenvalue weighted by Gasteiger charge is -2.44. The number of carbonyl (C=O) groups is 1. The van der Waals surface area contributed by atoms with Gasteiger partial charge >= 0.3 is 0 Å². The minimum Gasteiger partial charge on any atom is -0.487 e. The van der Waals surface area contributed by atoms with Gasteiger partial charge in [0, 0.05) is 26.0 Å². The predicted octanol–water partition coefficient (Wildman–Crippen LogP) is 2.04. The first kappa shape index (κ1) is 16.5. The van der Waals surface area contributed by atoms with Crippen LogP contribution in [0.4, 0.5) is 0 Å². The highest BCUT2D eigenvalue weighted by molar-refractivity contribution is 9.10. The van der Waals surface area contributed by atoms with Gasteiger partial charge in [0.2, 0.25) is 5.43 Å². The third-order valence-electron chi connectivity index (χ3n) is 4.59. The Labute approximate surface area is 143 Å². The maximum absolute atomic E-state index is 12.5. The molecule has 0 atom stereocenters. The van der Waals surface area contributed by atoms with Crippen molar-refractivity contribution in [1.29, 1.82) is 0 Å². The van der Waals surface area contributed by atoms with E-state index in [0.717, 1.165) is 25.7 Å². The SMILES string of the molecule is CCCCOc1c2n(cc(Br)c1=O)C1(CCOCC1)CNC2=O. The molecule has 1 fully saturated rings. The number of aromatic nitrogens is 1. The number of unbranched alkanes of at least 4 members (excludes halogenated alkanes) is 1. The Morgan fingerprint density at radius 3 is 2.83 bits per heavy atom. The fourth-order valence-corrected chi connectivity index (χ4v) is 3.57. The Hall–Kier alpha value is -1.34. The summed E-state index contributed by atoms with van der Waals surface area (Å²) in [5.74, 6) is -0.103. The van der Waals surface area contributed by atoms with Gasteiger partial charge in [-0.15, -0.1) is 0 Å². The monoisotopic (exact) mass is 384 g/mol. The van der Waals surface area contributed by atoms with Gasteiger partial charge < -0.3 is 19.4 Å². The molecule has 6 nitrogen and oxygen atoms in total. The highest BCUT2D eigenvalue weighted by atomic mass is 79.9. The van der Waals surface area contributed by atoms with Crippen LogP contribution in [0.3, 0.4) is 0 Å². The predicted molar refractivity (Wildman–Crippen MR) is 89.2 cm³/mol. The number of fused-ring (bicyclic) bond motifs is 2. The molecular formula is C16H21BrN2O4.